The highest BCUT2D eigenvalue weighted by atomic mass is 32.2. The Kier molecular flexibility index (Phi) is 5.32. The lowest BCUT2D eigenvalue weighted by molar-refractivity contribution is 0.388. The fourth-order valence-corrected chi connectivity index (χ4v) is 6.35. The van der Waals surface area contributed by atoms with Crippen LogP contribution in [-0.2, 0) is 10.2 Å². The first-order valence-electron chi connectivity index (χ1n) is 10.3. The normalized spacial score (nSPS) is 17.5. The van der Waals surface area contributed by atoms with E-state index in [1.807, 2.05) is 35.9 Å². The molecule has 0 bridgehead atoms. The Morgan fingerprint density at radius 2 is 2.12 bits per heavy atom. The second-order valence-electron chi connectivity index (χ2n) is 8.43. The number of thiazole rings is 1. The van der Waals surface area contributed by atoms with Crippen LogP contribution in [0, 0.1) is 0 Å². The number of nitrogens with one attached hydrogen (secondary N) is 2. The number of imidazole rings is 1. The number of benzene rings is 1. The van der Waals surface area contributed by atoms with Gasteiger partial charge in [0.2, 0.25) is 5.95 Å². The Balaban J connectivity index is 1.41. The molecule has 0 atom stereocenters. The van der Waals surface area contributed by atoms with Crippen molar-refractivity contribution in [1.29, 1.82) is 0 Å². The van der Waals surface area contributed by atoms with E-state index in [4.69, 9.17) is 4.98 Å². The van der Waals surface area contributed by atoms with Crippen molar-refractivity contribution in [3.63, 3.8) is 0 Å². The molecule has 12 heteroatoms. The number of rotatable bonds is 6. The molecule has 0 radical (unpaired) electrons. The van der Waals surface area contributed by atoms with E-state index in [1.54, 1.807) is 30.5 Å². The first-order valence-corrected chi connectivity index (χ1v) is 12.7. The molecule has 0 aliphatic carbocycles. The number of fused-ring (bicyclic) bond motifs is 1. The van der Waals surface area contributed by atoms with Gasteiger partial charge in [0.25, 0.3) is 10.2 Å². The summed E-state index contributed by atoms with van der Waals surface area (Å²) in [6.07, 6.45) is 3.58. The van der Waals surface area contributed by atoms with Crippen LogP contribution < -0.4 is 10.0 Å². The molecular weight excluding hydrogens is 462 g/mol. The van der Waals surface area contributed by atoms with E-state index >= 15 is 0 Å². The van der Waals surface area contributed by atoms with Crippen molar-refractivity contribution in [3.05, 3.63) is 48.1 Å². The van der Waals surface area contributed by atoms with E-state index in [-0.39, 0.29) is 5.75 Å². The molecular formula is C21H23N7O3S2. The summed E-state index contributed by atoms with van der Waals surface area (Å²) in [6, 6.07) is 8.75. The van der Waals surface area contributed by atoms with Gasteiger partial charge in [-0.15, -0.1) is 11.3 Å². The third kappa shape index (κ3) is 4.29. The number of aromatic nitrogens is 4. The zero-order chi connectivity index (χ0) is 23.2. The lowest BCUT2D eigenvalue weighted by Crippen LogP contribution is -2.36. The van der Waals surface area contributed by atoms with E-state index < -0.39 is 15.7 Å². The molecule has 1 aliphatic heterocycles. The summed E-state index contributed by atoms with van der Waals surface area (Å²) < 4.78 is 30.5. The van der Waals surface area contributed by atoms with Crippen molar-refractivity contribution in [2.45, 2.75) is 19.4 Å². The van der Waals surface area contributed by atoms with Crippen LogP contribution in [0.5, 0.6) is 5.75 Å². The molecule has 0 saturated carbocycles. The third-order valence-electron chi connectivity index (χ3n) is 5.24. The molecule has 172 valence electrons. The first-order chi connectivity index (χ1) is 15.7. The Morgan fingerprint density at radius 3 is 2.88 bits per heavy atom. The quantitative estimate of drug-likeness (QED) is 0.383. The average molecular weight is 486 g/mol. The van der Waals surface area contributed by atoms with Crippen molar-refractivity contribution >= 4 is 32.5 Å². The van der Waals surface area contributed by atoms with Gasteiger partial charge in [0.1, 0.15) is 11.4 Å². The summed E-state index contributed by atoms with van der Waals surface area (Å²) in [7, 11) is -3.48. The van der Waals surface area contributed by atoms with Crippen molar-refractivity contribution in [3.8, 4) is 28.4 Å². The van der Waals surface area contributed by atoms with Crippen molar-refractivity contribution in [2.75, 3.05) is 25.0 Å². The number of nitrogens with zero attached hydrogens (tertiary/aromatic N) is 5. The van der Waals surface area contributed by atoms with Gasteiger partial charge in [0.15, 0.2) is 4.96 Å². The number of aromatic hydroxyl groups is 1. The summed E-state index contributed by atoms with van der Waals surface area (Å²) in [5.74, 6) is 0.553. The van der Waals surface area contributed by atoms with Crippen LogP contribution in [0.2, 0.25) is 0 Å². The predicted octanol–water partition coefficient (Wildman–Crippen LogP) is 2.57. The van der Waals surface area contributed by atoms with Crippen molar-refractivity contribution in [1.82, 2.24) is 28.4 Å². The zero-order valence-corrected chi connectivity index (χ0v) is 19.7. The van der Waals surface area contributed by atoms with E-state index in [0.717, 1.165) is 16.2 Å². The number of anilines is 1. The smallest absolute Gasteiger partial charge is 0.280 e. The summed E-state index contributed by atoms with van der Waals surface area (Å²) in [4.78, 5) is 14.5. The van der Waals surface area contributed by atoms with E-state index in [9.17, 15) is 13.5 Å². The second-order valence-corrected chi connectivity index (χ2v) is 11.0. The molecule has 10 nitrogen and oxygen atoms in total. The van der Waals surface area contributed by atoms with Gasteiger partial charge in [-0.2, -0.15) is 17.4 Å². The van der Waals surface area contributed by atoms with Gasteiger partial charge >= 0.3 is 0 Å². The molecule has 0 spiro atoms. The van der Waals surface area contributed by atoms with E-state index in [1.165, 1.54) is 15.6 Å². The molecule has 4 aromatic rings. The van der Waals surface area contributed by atoms with Crippen LogP contribution in [0.1, 0.15) is 13.8 Å². The van der Waals surface area contributed by atoms with Gasteiger partial charge in [0.05, 0.1) is 11.4 Å². The minimum absolute atomic E-state index is 0.161. The van der Waals surface area contributed by atoms with Crippen LogP contribution in [-0.4, -0.2) is 62.4 Å². The number of phenols is 1. The van der Waals surface area contributed by atoms with Crippen LogP contribution in [0.25, 0.3) is 27.6 Å². The highest BCUT2D eigenvalue weighted by Gasteiger charge is 2.40. The Hall–Kier alpha value is -3.06. The zero-order valence-electron chi connectivity index (χ0n) is 18.1. The molecule has 3 aromatic heterocycles. The maximum Gasteiger partial charge on any atom is 0.280 e. The van der Waals surface area contributed by atoms with E-state index in [2.05, 4.69) is 20.0 Å². The van der Waals surface area contributed by atoms with Gasteiger partial charge in [-0.25, -0.2) is 15.0 Å². The highest BCUT2D eigenvalue weighted by Crippen LogP contribution is 2.34. The summed E-state index contributed by atoms with van der Waals surface area (Å²) in [6.45, 7) is 4.76. The molecule has 4 heterocycles. The summed E-state index contributed by atoms with van der Waals surface area (Å²) in [5, 5.41) is 15.0. The predicted molar refractivity (Wildman–Crippen MR) is 127 cm³/mol. The topological polar surface area (TPSA) is 125 Å². The number of hydrogen-bond acceptors (Lipinski definition) is 8. The summed E-state index contributed by atoms with van der Waals surface area (Å²) in [5.41, 5.74) is 2.44. The van der Waals surface area contributed by atoms with Gasteiger partial charge in [0, 0.05) is 48.5 Å². The molecule has 1 aromatic carbocycles. The lowest BCUT2D eigenvalue weighted by atomic mass is 10.1. The standard InChI is InChI=1S/C21H23N7O3S2/c1-21(2)13-27(33(30,31)26-21)9-8-23-19-22-7-6-16(24-19)18-17(14-4-3-5-15(29)12-14)25-20-28(18)10-11-32-20/h3-7,10-12,26,29H,8-9,13H2,1-2H3,(H,22,23,24). The maximum atomic E-state index is 12.3. The van der Waals surface area contributed by atoms with Crippen LogP contribution in [0.3, 0.4) is 0 Å². The fourth-order valence-electron chi connectivity index (χ4n) is 3.92. The van der Waals surface area contributed by atoms with Crippen molar-refractivity contribution in [2.24, 2.45) is 0 Å². The summed E-state index contributed by atoms with van der Waals surface area (Å²) >= 11 is 1.51. The molecule has 0 amide bonds. The highest BCUT2D eigenvalue weighted by molar-refractivity contribution is 7.87. The average Bonchev–Trinajstić information content (AvgIpc) is 3.39. The maximum absolute atomic E-state index is 12.3. The molecule has 5 rings (SSSR count). The minimum atomic E-state index is -3.48. The van der Waals surface area contributed by atoms with Gasteiger partial charge < -0.3 is 10.4 Å². The minimum Gasteiger partial charge on any atom is -0.508 e. The molecule has 1 saturated heterocycles. The third-order valence-corrected chi connectivity index (χ3v) is 7.80. The van der Waals surface area contributed by atoms with Gasteiger partial charge in [-0.3, -0.25) is 4.40 Å². The van der Waals surface area contributed by atoms with Gasteiger partial charge in [-0.05, 0) is 32.0 Å². The molecule has 0 unspecified atom stereocenters. The SMILES string of the molecule is CC1(C)CN(CCNc2nccc(-c3c(-c4cccc(O)c4)nc4sccn34)n2)S(=O)(=O)N1. The Labute approximate surface area is 195 Å². The Bertz CT molecular complexity index is 1430. The Morgan fingerprint density at radius 1 is 1.27 bits per heavy atom. The lowest BCUT2D eigenvalue weighted by Gasteiger charge is -2.16. The second kappa shape index (κ2) is 8.06. The monoisotopic (exact) mass is 485 g/mol. The van der Waals surface area contributed by atoms with Gasteiger partial charge in [-0.1, -0.05) is 12.1 Å². The molecule has 1 fully saturated rings. The van der Waals surface area contributed by atoms with Crippen molar-refractivity contribution < 1.29 is 13.5 Å². The first kappa shape index (κ1) is 21.8. The molecule has 33 heavy (non-hydrogen) atoms. The fraction of sp³-hybridized carbons (Fsp3) is 0.286. The van der Waals surface area contributed by atoms with E-state index in [0.29, 0.717) is 37.0 Å². The van der Waals surface area contributed by atoms with Crippen LogP contribution >= 0.6 is 11.3 Å². The number of hydrogen-bond donors (Lipinski definition) is 3. The van der Waals surface area contributed by atoms with Crippen LogP contribution in [0.15, 0.2) is 48.1 Å². The largest absolute Gasteiger partial charge is 0.508 e. The number of phenolic OH excluding ortho intramolecular Hbond substituents is 1. The molecule has 1 aliphatic rings. The molecule has 3 N–H and O–H groups in total. The van der Waals surface area contributed by atoms with Crippen LogP contribution in [0.4, 0.5) is 5.95 Å².